The highest BCUT2D eigenvalue weighted by atomic mass is 35.5. The van der Waals surface area contributed by atoms with Crippen molar-refractivity contribution in [2.75, 3.05) is 13.1 Å². The molecule has 25 heavy (non-hydrogen) atoms. The number of benzene rings is 1. The lowest BCUT2D eigenvalue weighted by atomic mass is 9.79. The van der Waals surface area contributed by atoms with Gasteiger partial charge in [-0.3, -0.25) is 9.69 Å². The number of piperidine rings is 3. The summed E-state index contributed by atoms with van der Waals surface area (Å²) in [4.78, 5) is 18.9. The van der Waals surface area contributed by atoms with Crippen molar-refractivity contribution in [2.24, 2.45) is 5.92 Å². The van der Waals surface area contributed by atoms with E-state index in [0.29, 0.717) is 23.3 Å². The smallest absolute Gasteiger partial charge is 0.400 e. The second kappa shape index (κ2) is 6.69. The summed E-state index contributed by atoms with van der Waals surface area (Å²) in [6, 6.07) is 7.52. The fourth-order valence-corrected chi connectivity index (χ4v) is 3.95. The summed E-state index contributed by atoms with van der Waals surface area (Å²) in [5, 5.41) is 3.45. The number of carbonyl (C=O) groups is 1. The van der Waals surface area contributed by atoms with Crippen molar-refractivity contribution in [1.82, 2.24) is 15.2 Å². The van der Waals surface area contributed by atoms with Crippen LogP contribution in [0.5, 0.6) is 11.8 Å². The predicted molar refractivity (Wildman–Crippen MR) is 93.0 cm³/mol. The van der Waals surface area contributed by atoms with Crippen LogP contribution < -0.4 is 10.1 Å². The lowest BCUT2D eigenvalue weighted by Gasteiger charge is -2.49. The summed E-state index contributed by atoms with van der Waals surface area (Å²) in [5.74, 6) is 1.07. The van der Waals surface area contributed by atoms with Gasteiger partial charge in [-0.05, 0) is 63.0 Å². The molecule has 7 heteroatoms. The van der Waals surface area contributed by atoms with E-state index in [1.807, 2.05) is 0 Å². The summed E-state index contributed by atoms with van der Waals surface area (Å²) < 4.78 is 10.5. The summed E-state index contributed by atoms with van der Waals surface area (Å²) in [5.41, 5.74) is 0.612. The predicted octanol–water partition coefficient (Wildman–Crippen LogP) is 3.33. The minimum Gasteiger partial charge on any atom is -0.416 e. The van der Waals surface area contributed by atoms with Crippen LogP contribution in [0.15, 0.2) is 34.9 Å². The van der Waals surface area contributed by atoms with Gasteiger partial charge < -0.3 is 14.5 Å². The highest BCUT2D eigenvalue weighted by molar-refractivity contribution is 6.29. The van der Waals surface area contributed by atoms with E-state index < -0.39 is 0 Å². The molecular weight excluding hydrogens is 342 g/mol. The molecule has 0 radical (unpaired) electrons. The number of amides is 1. The lowest BCUT2D eigenvalue weighted by Crippen LogP contribution is -2.62. The SMILES string of the molecule is C[C@H]1[C@H](NC(=O)c2ccc(Oc3nc(Cl)co3)cc2)C2CCN1CC2. The van der Waals surface area contributed by atoms with E-state index in [2.05, 4.69) is 22.1 Å². The summed E-state index contributed by atoms with van der Waals surface area (Å²) in [6.07, 6.45) is 3.71. The number of halogens is 1. The van der Waals surface area contributed by atoms with Crippen molar-refractivity contribution in [2.45, 2.75) is 31.8 Å². The molecular formula is C18H20ClN3O3. The van der Waals surface area contributed by atoms with Crippen LogP contribution in [0.3, 0.4) is 0 Å². The number of carbonyl (C=O) groups excluding carboxylic acids is 1. The maximum atomic E-state index is 12.6. The topological polar surface area (TPSA) is 67.6 Å². The molecule has 2 atom stereocenters. The lowest BCUT2D eigenvalue weighted by molar-refractivity contribution is 0.0217. The molecule has 3 aliphatic heterocycles. The molecule has 2 bridgehead atoms. The highest BCUT2D eigenvalue weighted by Gasteiger charge is 2.40. The first kappa shape index (κ1) is 16.4. The molecule has 1 aromatic carbocycles. The number of aromatic nitrogens is 1. The van der Waals surface area contributed by atoms with Gasteiger partial charge in [-0.2, -0.15) is 4.98 Å². The van der Waals surface area contributed by atoms with Crippen molar-refractivity contribution in [3.05, 3.63) is 41.2 Å². The van der Waals surface area contributed by atoms with E-state index in [9.17, 15) is 4.79 Å². The second-order valence-electron chi connectivity index (χ2n) is 6.68. The number of hydrogen-bond donors (Lipinski definition) is 1. The Balaban J connectivity index is 1.40. The average molecular weight is 362 g/mol. The standard InChI is InChI=1S/C18H20ClN3O3/c1-11-16(12-6-8-22(11)9-7-12)21-17(23)13-2-4-14(5-3-13)25-18-20-15(19)10-24-18/h2-5,10-12,16H,6-9H2,1H3,(H,21,23)/t11-,16-/m0/s1. The van der Waals surface area contributed by atoms with Crippen molar-refractivity contribution in [3.63, 3.8) is 0 Å². The first-order valence-electron chi connectivity index (χ1n) is 8.54. The zero-order valence-electron chi connectivity index (χ0n) is 13.9. The van der Waals surface area contributed by atoms with Gasteiger partial charge in [-0.25, -0.2) is 0 Å². The quantitative estimate of drug-likeness (QED) is 0.904. The Morgan fingerprint density at radius 2 is 2.04 bits per heavy atom. The summed E-state index contributed by atoms with van der Waals surface area (Å²) >= 11 is 5.68. The Morgan fingerprint density at radius 1 is 1.32 bits per heavy atom. The molecule has 0 saturated carbocycles. The number of hydrogen-bond acceptors (Lipinski definition) is 5. The Kier molecular flexibility index (Phi) is 4.39. The normalized spacial score (nSPS) is 27.9. The number of ether oxygens (including phenoxy) is 1. The minimum atomic E-state index is -0.0451. The molecule has 1 aromatic heterocycles. The summed E-state index contributed by atoms with van der Waals surface area (Å²) in [7, 11) is 0. The first-order chi connectivity index (χ1) is 12.1. The molecule has 4 heterocycles. The molecule has 5 rings (SSSR count). The largest absolute Gasteiger partial charge is 0.416 e. The van der Waals surface area contributed by atoms with Crippen LogP contribution in [0.1, 0.15) is 30.1 Å². The second-order valence-corrected chi connectivity index (χ2v) is 7.06. The van der Waals surface area contributed by atoms with Crippen molar-refractivity contribution >= 4 is 17.5 Å². The number of rotatable bonds is 4. The molecule has 132 valence electrons. The van der Waals surface area contributed by atoms with Crippen LogP contribution in [-0.4, -0.2) is 41.0 Å². The molecule has 6 nitrogen and oxygen atoms in total. The van der Waals surface area contributed by atoms with Gasteiger partial charge in [-0.1, -0.05) is 11.6 Å². The maximum absolute atomic E-state index is 12.6. The zero-order valence-corrected chi connectivity index (χ0v) is 14.7. The molecule has 0 aliphatic carbocycles. The zero-order chi connectivity index (χ0) is 17.4. The van der Waals surface area contributed by atoms with Gasteiger partial charge in [0.1, 0.15) is 12.0 Å². The molecule has 0 unspecified atom stereocenters. The number of fused-ring (bicyclic) bond motifs is 3. The van der Waals surface area contributed by atoms with Gasteiger partial charge in [0.2, 0.25) is 0 Å². The Hall–Kier alpha value is -2.05. The van der Waals surface area contributed by atoms with E-state index in [0.717, 1.165) is 13.1 Å². The fourth-order valence-electron chi connectivity index (χ4n) is 3.84. The van der Waals surface area contributed by atoms with Crippen molar-refractivity contribution < 1.29 is 13.9 Å². The highest BCUT2D eigenvalue weighted by Crippen LogP contribution is 2.32. The molecule has 1 amide bonds. The third-order valence-corrected chi connectivity index (χ3v) is 5.43. The number of nitrogens with zero attached hydrogens (tertiary/aromatic N) is 2. The molecule has 3 aliphatic rings. The van der Waals surface area contributed by atoms with Gasteiger partial charge in [-0.15, -0.1) is 0 Å². The molecule has 0 spiro atoms. The van der Waals surface area contributed by atoms with Gasteiger partial charge in [0.15, 0.2) is 5.15 Å². The fraction of sp³-hybridized carbons (Fsp3) is 0.444. The van der Waals surface area contributed by atoms with Crippen molar-refractivity contribution in [3.8, 4) is 11.8 Å². The van der Waals surface area contributed by atoms with E-state index in [1.54, 1.807) is 24.3 Å². The van der Waals surface area contributed by atoms with E-state index in [4.69, 9.17) is 20.8 Å². The summed E-state index contributed by atoms with van der Waals surface area (Å²) in [6.45, 7) is 4.50. The molecule has 1 N–H and O–H groups in total. The van der Waals surface area contributed by atoms with Crippen LogP contribution in [-0.2, 0) is 0 Å². The van der Waals surface area contributed by atoms with Gasteiger partial charge in [0.25, 0.3) is 5.91 Å². The van der Waals surface area contributed by atoms with Gasteiger partial charge >= 0.3 is 6.08 Å². The minimum absolute atomic E-state index is 0.0451. The first-order valence-corrected chi connectivity index (χ1v) is 8.92. The van der Waals surface area contributed by atoms with Crippen molar-refractivity contribution in [1.29, 1.82) is 0 Å². The monoisotopic (exact) mass is 361 g/mol. The van der Waals surface area contributed by atoms with E-state index in [1.165, 1.54) is 19.1 Å². The molecule has 3 saturated heterocycles. The third kappa shape index (κ3) is 3.37. The van der Waals surface area contributed by atoms with Crippen LogP contribution >= 0.6 is 11.6 Å². The van der Waals surface area contributed by atoms with Crippen LogP contribution in [0.2, 0.25) is 5.15 Å². The Bertz CT molecular complexity index is 751. The van der Waals surface area contributed by atoms with E-state index in [-0.39, 0.29) is 23.2 Å². The van der Waals surface area contributed by atoms with Crippen LogP contribution in [0, 0.1) is 5.92 Å². The number of oxazole rings is 1. The molecule has 2 aromatic rings. The maximum Gasteiger partial charge on any atom is 0.400 e. The Labute approximate surface area is 151 Å². The average Bonchev–Trinajstić information content (AvgIpc) is 3.04. The Morgan fingerprint density at radius 3 is 2.64 bits per heavy atom. The third-order valence-electron chi connectivity index (χ3n) is 5.25. The molecule has 3 fully saturated rings. The van der Waals surface area contributed by atoms with Crippen LogP contribution in [0.4, 0.5) is 0 Å². The number of nitrogens with one attached hydrogen (secondary N) is 1. The van der Waals surface area contributed by atoms with Crippen LogP contribution in [0.25, 0.3) is 0 Å². The van der Waals surface area contributed by atoms with Gasteiger partial charge in [0.05, 0.1) is 0 Å². The van der Waals surface area contributed by atoms with Gasteiger partial charge in [0, 0.05) is 17.6 Å². The van der Waals surface area contributed by atoms with E-state index >= 15 is 0 Å².